The molecule has 0 aromatic heterocycles. The minimum absolute atomic E-state index is 0. The lowest BCUT2D eigenvalue weighted by molar-refractivity contribution is -0.816. The van der Waals surface area contributed by atoms with Crippen LogP contribution in [0.4, 0.5) is 0 Å². The van der Waals surface area contributed by atoms with Crippen LogP contribution >= 0.6 is 0 Å². The van der Waals surface area contributed by atoms with Crippen LogP contribution in [0.1, 0.15) is 5.56 Å². The van der Waals surface area contributed by atoms with Gasteiger partial charge >= 0.3 is 0 Å². The average Bonchev–Trinajstić information content (AvgIpc) is 2.02. The van der Waals surface area contributed by atoms with Gasteiger partial charge in [-0.1, -0.05) is 30.3 Å². The first-order valence-corrected chi connectivity index (χ1v) is 4.13. The number of hydrogen-bond donors (Lipinski definition) is 0. The summed E-state index contributed by atoms with van der Waals surface area (Å²) in [5.41, 5.74) is 1.26. The summed E-state index contributed by atoms with van der Waals surface area (Å²) >= 11 is 0. The van der Waals surface area contributed by atoms with Crippen molar-refractivity contribution in [1.82, 2.24) is 0 Å². The van der Waals surface area contributed by atoms with Crippen LogP contribution in [0.25, 0.3) is 6.08 Å². The standard InChI is InChI=1S/C11H16N.BrH/c1-12(2,3)10-9-11-7-5-4-6-8-11;/h4-10H,1-3H3;1H/q+1;/p-1. The van der Waals surface area contributed by atoms with E-state index in [-0.39, 0.29) is 17.0 Å². The summed E-state index contributed by atoms with van der Waals surface area (Å²) in [6, 6.07) is 10.3. The van der Waals surface area contributed by atoms with Crippen molar-refractivity contribution >= 4 is 6.08 Å². The van der Waals surface area contributed by atoms with Crippen molar-refractivity contribution in [3.8, 4) is 0 Å². The fourth-order valence-corrected chi connectivity index (χ4v) is 0.874. The largest absolute Gasteiger partial charge is 1.00 e. The van der Waals surface area contributed by atoms with E-state index in [1.807, 2.05) is 6.07 Å². The van der Waals surface area contributed by atoms with E-state index in [1.54, 1.807) is 0 Å². The zero-order valence-electron chi connectivity index (χ0n) is 8.37. The molecule has 1 aromatic rings. The second-order valence-electron chi connectivity index (χ2n) is 3.84. The van der Waals surface area contributed by atoms with E-state index in [4.69, 9.17) is 0 Å². The van der Waals surface area contributed by atoms with Crippen molar-refractivity contribution in [2.24, 2.45) is 0 Å². The van der Waals surface area contributed by atoms with Gasteiger partial charge in [0.1, 0.15) is 0 Å². The van der Waals surface area contributed by atoms with E-state index < -0.39 is 0 Å². The van der Waals surface area contributed by atoms with Crippen LogP contribution in [0.2, 0.25) is 0 Å². The number of hydrogen-bond acceptors (Lipinski definition) is 0. The summed E-state index contributed by atoms with van der Waals surface area (Å²) in [5, 5.41) is 0. The van der Waals surface area contributed by atoms with E-state index in [2.05, 4.69) is 57.7 Å². The molecule has 13 heavy (non-hydrogen) atoms. The molecule has 1 aromatic carbocycles. The van der Waals surface area contributed by atoms with Crippen LogP contribution in [0, 0.1) is 0 Å². The second-order valence-corrected chi connectivity index (χ2v) is 3.84. The van der Waals surface area contributed by atoms with Crippen LogP contribution < -0.4 is 17.0 Å². The second kappa shape index (κ2) is 5.20. The monoisotopic (exact) mass is 241 g/mol. The average molecular weight is 242 g/mol. The Morgan fingerprint density at radius 3 is 2.00 bits per heavy atom. The molecule has 0 bridgehead atoms. The fourth-order valence-electron chi connectivity index (χ4n) is 0.874. The molecular formula is C11H16BrN. The van der Waals surface area contributed by atoms with Crippen LogP contribution in [0.3, 0.4) is 0 Å². The molecule has 0 saturated carbocycles. The maximum Gasteiger partial charge on any atom is 0.0958 e. The molecule has 2 heteroatoms. The number of rotatable bonds is 2. The zero-order chi connectivity index (χ0) is 9.03. The maximum atomic E-state index is 2.16. The van der Waals surface area contributed by atoms with E-state index in [9.17, 15) is 0 Å². The van der Waals surface area contributed by atoms with E-state index >= 15 is 0 Å². The minimum atomic E-state index is 0. The molecule has 1 rings (SSSR count). The minimum Gasteiger partial charge on any atom is -1.00 e. The van der Waals surface area contributed by atoms with Gasteiger partial charge in [0.15, 0.2) is 0 Å². The van der Waals surface area contributed by atoms with Gasteiger partial charge in [0.25, 0.3) is 0 Å². The molecule has 0 radical (unpaired) electrons. The predicted molar refractivity (Wildman–Crippen MR) is 53.5 cm³/mol. The topological polar surface area (TPSA) is 0 Å². The summed E-state index contributed by atoms with van der Waals surface area (Å²) in [4.78, 5) is 0. The molecule has 0 saturated heterocycles. The van der Waals surface area contributed by atoms with Gasteiger partial charge in [-0.3, -0.25) is 0 Å². The molecule has 0 aliphatic heterocycles. The normalized spacial score (nSPS) is 11.3. The number of nitrogens with zero attached hydrogens (tertiary/aromatic N) is 1. The van der Waals surface area contributed by atoms with Gasteiger partial charge in [-0.25, -0.2) is 0 Å². The van der Waals surface area contributed by atoms with Gasteiger partial charge in [0, 0.05) is 0 Å². The fraction of sp³-hybridized carbons (Fsp3) is 0.273. The van der Waals surface area contributed by atoms with E-state index in [0.717, 1.165) is 4.48 Å². The highest BCUT2D eigenvalue weighted by Crippen LogP contribution is 2.03. The lowest BCUT2D eigenvalue weighted by Gasteiger charge is -2.17. The Labute approximate surface area is 91.0 Å². The molecular weight excluding hydrogens is 226 g/mol. The van der Waals surface area contributed by atoms with E-state index in [0.29, 0.717) is 0 Å². The van der Waals surface area contributed by atoms with Gasteiger partial charge in [0.05, 0.1) is 27.3 Å². The molecule has 0 unspecified atom stereocenters. The highest BCUT2D eigenvalue weighted by Gasteiger charge is 1.98. The Morgan fingerprint density at radius 1 is 1.00 bits per heavy atom. The van der Waals surface area contributed by atoms with Gasteiger partial charge in [-0.2, -0.15) is 0 Å². The summed E-state index contributed by atoms with van der Waals surface area (Å²) in [7, 11) is 6.41. The van der Waals surface area contributed by atoms with Crippen molar-refractivity contribution in [1.29, 1.82) is 0 Å². The van der Waals surface area contributed by atoms with Gasteiger partial charge < -0.3 is 21.5 Å². The van der Waals surface area contributed by atoms with Crippen molar-refractivity contribution in [2.75, 3.05) is 21.1 Å². The highest BCUT2D eigenvalue weighted by atomic mass is 79.9. The van der Waals surface area contributed by atoms with Crippen LogP contribution in [0.15, 0.2) is 36.5 Å². The Balaban J connectivity index is 0.00000144. The summed E-state index contributed by atoms with van der Waals surface area (Å²) in [6.45, 7) is 0. The molecule has 0 aliphatic rings. The summed E-state index contributed by atoms with van der Waals surface area (Å²) in [5.74, 6) is 0. The SMILES string of the molecule is C[N+](C)(C)C=Cc1ccccc1.[Br-]. The van der Waals surface area contributed by atoms with Crippen LogP contribution in [-0.4, -0.2) is 25.6 Å². The first kappa shape index (κ1) is 12.4. The quantitative estimate of drug-likeness (QED) is 0.606. The lowest BCUT2D eigenvalue weighted by Crippen LogP contribution is -3.00. The predicted octanol–water partition coefficient (Wildman–Crippen LogP) is -0.632. The highest BCUT2D eigenvalue weighted by molar-refractivity contribution is 5.47. The third-order valence-electron chi connectivity index (χ3n) is 1.51. The first-order valence-electron chi connectivity index (χ1n) is 4.13. The molecule has 72 valence electrons. The Hall–Kier alpha value is -0.600. The smallest absolute Gasteiger partial charge is 0.0958 e. The van der Waals surface area contributed by atoms with E-state index in [1.165, 1.54) is 5.56 Å². The summed E-state index contributed by atoms with van der Waals surface area (Å²) < 4.78 is 0.856. The molecule has 0 atom stereocenters. The van der Waals surface area contributed by atoms with Gasteiger partial charge in [-0.15, -0.1) is 0 Å². The van der Waals surface area contributed by atoms with Crippen molar-refractivity contribution in [2.45, 2.75) is 0 Å². The molecule has 0 amide bonds. The number of halogens is 1. The lowest BCUT2D eigenvalue weighted by atomic mass is 10.2. The molecule has 0 aliphatic carbocycles. The molecule has 0 N–H and O–H groups in total. The van der Waals surface area contributed by atoms with Crippen LogP contribution in [0.5, 0.6) is 0 Å². The van der Waals surface area contributed by atoms with Gasteiger partial charge in [-0.05, 0) is 11.6 Å². The number of quaternary nitrogens is 1. The first-order chi connectivity index (χ1) is 5.58. The van der Waals surface area contributed by atoms with Gasteiger partial charge in [0.2, 0.25) is 0 Å². The molecule has 0 spiro atoms. The Bertz CT molecular complexity index is 259. The Kier molecular flexibility index (Phi) is 4.96. The van der Waals surface area contributed by atoms with Crippen molar-refractivity contribution < 1.29 is 21.5 Å². The molecule has 0 fully saturated rings. The van der Waals surface area contributed by atoms with Crippen molar-refractivity contribution in [3.63, 3.8) is 0 Å². The third kappa shape index (κ3) is 5.61. The molecule has 0 heterocycles. The maximum absolute atomic E-state index is 2.16. The van der Waals surface area contributed by atoms with Crippen molar-refractivity contribution in [3.05, 3.63) is 42.1 Å². The Morgan fingerprint density at radius 2 is 1.54 bits per heavy atom. The summed E-state index contributed by atoms with van der Waals surface area (Å²) in [6.07, 6.45) is 4.30. The molecule has 1 nitrogen and oxygen atoms in total. The van der Waals surface area contributed by atoms with Crippen LogP contribution in [-0.2, 0) is 0 Å². The zero-order valence-corrected chi connectivity index (χ0v) is 9.95. The number of benzene rings is 1. The third-order valence-corrected chi connectivity index (χ3v) is 1.51.